The molecule has 1 unspecified atom stereocenters. The van der Waals surface area contributed by atoms with Gasteiger partial charge in [0, 0.05) is 7.11 Å². The minimum absolute atomic E-state index is 0.00801. The zero-order valence-electron chi connectivity index (χ0n) is 10.2. The van der Waals surface area contributed by atoms with E-state index in [1.54, 1.807) is 11.3 Å². The van der Waals surface area contributed by atoms with Crippen LogP contribution in [-0.4, -0.2) is 19.8 Å². The summed E-state index contributed by atoms with van der Waals surface area (Å²) in [7, 11) is 3.90. The monoisotopic (exact) mass is 239 g/mol. The van der Waals surface area contributed by atoms with E-state index in [0.717, 1.165) is 0 Å². The fraction of sp³-hybridized carbons (Fsp3) is 0.692. The van der Waals surface area contributed by atoms with Gasteiger partial charge in [-0.15, -0.1) is 0 Å². The maximum atomic E-state index is 5.90. The molecule has 1 heterocycles. The molecular weight excluding hydrogens is 218 g/mol. The summed E-state index contributed by atoms with van der Waals surface area (Å²) in [5.74, 6) is 0. The maximum Gasteiger partial charge on any atom is 0.0872 e. The smallest absolute Gasteiger partial charge is 0.0872 e. The number of ether oxygens (including phenoxy) is 1. The highest BCUT2D eigenvalue weighted by Crippen LogP contribution is 2.41. The van der Waals surface area contributed by atoms with Crippen molar-refractivity contribution in [3.05, 3.63) is 22.4 Å². The Balaban J connectivity index is 2.23. The normalized spacial score (nSPS) is 21.9. The molecule has 16 heavy (non-hydrogen) atoms. The Morgan fingerprint density at radius 3 is 2.62 bits per heavy atom. The van der Waals surface area contributed by atoms with Crippen LogP contribution < -0.4 is 5.32 Å². The maximum absolute atomic E-state index is 5.90. The Morgan fingerprint density at radius 1 is 1.38 bits per heavy atom. The van der Waals surface area contributed by atoms with Crippen molar-refractivity contribution in [1.29, 1.82) is 0 Å². The molecule has 0 amide bonds. The molecular formula is C13H21NOS. The van der Waals surface area contributed by atoms with Gasteiger partial charge in [-0.05, 0) is 42.3 Å². The Kier molecular flexibility index (Phi) is 4.00. The molecule has 90 valence electrons. The van der Waals surface area contributed by atoms with Crippen molar-refractivity contribution >= 4 is 11.3 Å². The molecule has 0 radical (unpaired) electrons. The van der Waals surface area contributed by atoms with Crippen LogP contribution in [0.4, 0.5) is 0 Å². The summed E-state index contributed by atoms with van der Waals surface area (Å²) in [6, 6.07) is 2.55. The van der Waals surface area contributed by atoms with Crippen LogP contribution in [0.25, 0.3) is 0 Å². The predicted molar refractivity (Wildman–Crippen MR) is 68.9 cm³/mol. The van der Waals surface area contributed by atoms with Crippen LogP contribution in [-0.2, 0) is 4.74 Å². The van der Waals surface area contributed by atoms with Gasteiger partial charge in [-0.2, -0.15) is 11.3 Å². The second-order valence-electron chi connectivity index (χ2n) is 4.61. The van der Waals surface area contributed by atoms with E-state index in [1.807, 2.05) is 14.2 Å². The highest BCUT2D eigenvalue weighted by atomic mass is 32.1. The van der Waals surface area contributed by atoms with E-state index < -0.39 is 0 Å². The number of rotatable bonds is 4. The Labute approximate surface area is 102 Å². The largest absolute Gasteiger partial charge is 0.376 e. The standard InChI is InChI=1S/C13H21NOS/c1-14-12(11-6-9-16-10-11)13(15-2)7-4-3-5-8-13/h6,9-10,12,14H,3-5,7-8H2,1-2H3. The number of thiophene rings is 1. The SMILES string of the molecule is CNC(c1ccsc1)C1(OC)CCCCC1. The lowest BCUT2D eigenvalue weighted by atomic mass is 9.77. The van der Waals surface area contributed by atoms with Crippen LogP contribution in [0.5, 0.6) is 0 Å². The van der Waals surface area contributed by atoms with Crippen molar-refractivity contribution in [1.82, 2.24) is 5.32 Å². The first-order valence-electron chi connectivity index (χ1n) is 6.07. The molecule has 0 spiro atoms. The lowest BCUT2D eigenvalue weighted by Gasteiger charge is -2.42. The fourth-order valence-corrected chi connectivity index (χ4v) is 3.62. The number of nitrogens with one attached hydrogen (secondary N) is 1. The predicted octanol–water partition coefficient (Wildman–Crippen LogP) is 3.36. The summed E-state index contributed by atoms with van der Waals surface area (Å²) in [5.41, 5.74) is 1.38. The van der Waals surface area contributed by atoms with Gasteiger partial charge in [-0.25, -0.2) is 0 Å². The minimum atomic E-state index is 0.00801. The molecule has 1 aliphatic carbocycles. The van der Waals surface area contributed by atoms with Crippen molar-refractivity contribution in [2.24, 2.45) is 0 Å². The van der Waals surface area contributed by atoms with Gasteiger partial charge in [0.15, 0.2) is 0 Å². The number of methoxy groups -OCH3 is 1. The van der Waals surface area contributed by atoms with Crippen molar-refractivity contribution in [2.75, 3.05) is 14.2 Å². The number of likely N-dealkylation sites (N-methyl/N-ethyl adjacent to an activating group) is 1. The summed E-state index contributed by atoms with van der Waals surface area (Å²) < 4.78 is 5.90. The van der Waals surface area contributed by atoms with Crippen molar-refractivity contribution in [3.8, 4) is 0 Å². The Bertz CT molecular complexity index is 304. The highest BCUT2D eigenvalue weighted by molar-refractivity contribution is 7.07. The van der Waals surface area contributed by atoms with E-state index in [9.17, 15) is 0 Å². The molecule has 2 rings (SSSR count). The second-order valence-corrected chi connectivity index (χ2v) is 5.39. The molecule has 1 aliphatic rings. The molecule has 0 saturated heterocycles. The summed E-state index contributed by atoms with van der Waals surface area (Å²) in [6.07, 6.45) is 6.27. The van der Waals surface area contributed by atoms with Gasteiger partial charge in [-0.3, -0.25) is 0 Å². The zero-order chi connectivity index (χ0) is 11.4. The molecule has 1 aromatic heterocycles. The lowest BCUT2D eigenvalue weighted by molar-refractivity contribution is -0.0670. The average Bonchev–Trinajstić information content (AvgIpc) is 2.85. The van der Waals surface area contributed by atoms with Gasteiger partial charge in [0.05, 0.1) is 11.6 Å². The fourth-order valence-electron chi connectivity index (χ4n) is 2.93. The van der Waals surface area contributed by atoms with Gasteiger partial charge in [0.25, 0.3) is 0 Å². The average molecular weight is 239 g/mol. The summed E-state index contributed by atoms with van der Waals surface area (Å²) in [6.45, 7) is 0. The van der Waals surface area contributed by atoms with Crippen LogP contribution in [0.2, 0.25) is 0 Å². The van der Waals surface area contributed by atoms with E-state index >= 15 is 0 Å². The molecule has 1 saturated carbocycles. The topological polar surface area (TPSA) is 21.3 Å². The van der Waals surface area contributed by atoms with Gasteiger partial charge < -0.3 is 10.1 Å². The summed E-state index contributed by atoms with van der Waals surface area (Å²) >= 11 is 1.76. The molecule has 1 N–H and O–H groups in total. The van der Waals surface area contributed by atoms with Gasteiger partial charge in [-0.1, -0.05) is 19.3 Å². The van der Waals surface area contributed by atoms with Gasteiger partial charge in [0.2, 0.25) is 0 Å². The first kappa shape index (κ1) is 12.1. The molecule has 2 nitrogen and oxygen atoms in total. The highest BCUT2D eigenvalue weighted by Gasteiger charge is 2.40. The molecule has 0 aromatic carbocycles. The third-order valence-corrected chi connectivity index (χ3v) is 4.50. The number of hydrogen-bond donors (Lipinski definition) is 1. The third-order valence-electron chi connectivity index (χ3n) is 3.80. The zero-order valence-corrected chi connectivity index (χ0v) is 11.0. The van der Waals surface area contributed by atoms with Crippen LogP contribution in [0, 0.1) is 0 Å². The molecule has 1 atom stereocenters. The first-order valence-corrected chi connectivity index (χ1v) is 7.01. The minimum Gasteiger partial charge on any atom is -0.376 e. The van der Waals surface area contributed by atoms with Gasteiger partial charge >= 0.3 is 0 Å². The van der Waals surface area contributed by atoms with E-state index in [4.69, 9.17) is 4.74 Å². The summed E-state index contributed by atoms with van der Waals surface area (Å²) in [4.78, 5) is 0. The van der Waals surface area contributed by atoms with E-state index in [2.05, 4.69) is 22.1 Å². The van der Waals surface area contributed by atoms with Gasteiger partial charge in [0.1, 0.15) is 0 Å². The van der Waals surface area contributed by atoms with Crippen LogP contribution in [0.1, 0.15) is 43.7 Å². The van der Waals surface area contributed by atoms with E-state index in [-0.39, 0.29) is 5.60 Å². The van der Waals surface area contributed by atoms with Crippen LogP contribution in [0.15, 0.2) is 16.8 Å². The van der Waals surface area contributed by atoms with Crippen molar-refractivity contribution in [2.45, 2.75) is 43.7 Å². The molecule has 1 fully saturated rings. The van der Waals surface area contributed by atoms with Crippen molar-refractivity contribution in [3.63, 3.8) is 0 Å². The van der Waals surface area contributed by atoms with Crippen LogP contribution >= 0.6 is 11.3 Å². The Hall–Kier alpha value is -0.380. The first-order chi connectivity index (χ1) is 7.82. The third kappa shape index (κ3) is 2.17. The molecule has 0 bridgehead atoms. The quantitative estimate of drug-likeness (QED) is 0.870. The molecule has 0 aliphatic heterocycles. The van der Waals surface area contributed by atoms with Crippen LogP contribution in [0.3, 0.4) is 0 Å². The number of hydrogen-bond acceptors (Lipinski definition) is 3. The molecule has 1 aromatic rings. The molecule has 3 heteroatoms. The Morgan fingerprint density at radius 2 is 2.12 bits per heavy atom. The van der Waals surface area contributed by atoms with Crippen molar-refractivity contribution < 1.29 is 4.74 Å². The second kappa shape index (κ2) is 5.30. The van der Waals surface area contributed by atoms with E-state index in [1.165, 1.54) is 37.7 Å². The van der Waals surface area contributed by atoms with E-state index in [0.29, 0.717) is 6.04 Å². The summed E-state index contributed by atoms with van der Waals surface area (Å²) in [5, 5.41) is 7.82. The lowest BCUT2D eigenvalue weighted by Crippen LogP contribution is -2.45.